The summed E-state index contributed by atoms with van der Waals surface area (Å²) in [5.41, 5.74) is 9.03. The maximum absolute atomic E-state index is 11.4. The van der Waals surface area contributed by atoms with Crippen molar-refractivity contribution in [2.24, 2.45) is 0 Å². The third-order valence-electron chi connectivity index (χ3n) is 3.95. The highest BCUT2D eigenvalue weighted by Crippen LogP contribution is 2.24. The summed E-state index contributed by atoms with van der Waals surface area (Å²) < 4.78 is 22.9. The number of hydrogen-bond donors (Lipinski definition) is 1. The SMILES string of the molecule is Nc1ncccc1-c1ccc(CN2CCS(=O)(=O)CC2)cc1. The van der Waals surface area contributed by atoms with Gasteiger partial charge in [-0.2, -0.15) is 0 Å². The molecule has 2 heterocycles. The fourth-order valence-electron chi connectivity index (χ4n) is 2.62. The summed E-state index contributed by atoms with van der Waals surface area (Å²) in [5, 5.41) is 0. The van der Waals surface area contributed by atoms with E-state index in [0.717, 1.165) is 17.7 Å². The van der Waals surface area contributed by atoms with E-state index in [9.17, 15) is 8.42 Å². The molecule has 1 saturated heterocycles. The Labute approximate surface area is 130 Å². The van der Waals surface area contributed by atoms with Gasteiger partial charge in [-0.05, 0) is 23.3 Å². The van der Waals surface area contributed by atoms with Crippen LogP contribution in [0.2, 0.25) is 0 Å². The van der Waals surface area contributed by atoms with Crippen LogP contribution in [0.25, 0.3) is 11.1 Å². The molecule has 2 aromatic rings. The summed E-state index contributed by atoms with van der Waals surface area (Å²) in [5.74, 6) is 1.05. The van der Waals surface area contributed by atoms with E-state index in [2.05, 4.69) is 22.0 Å². The zero-order chi connectivity index (χ0) is 15.6. The quantitative estimate of drug-likeness (QED) is 0.930. The van der Waals surface area contributed by atoms with Crippen molar-refractivity contribution in [3.8, 4) is 11.1 Å². The zero-order valence-corrected chi connectivity index (χ0v) is 13.1. The topological polar surface area (TPSA) is 76.3 Å². The van der Waals surface area contributed by atoms with Crippen molar-refractivity contribution >= 4 is 15.7 Å². The van der Waals surface area contributed by atoms with E-state index in [-0.39, 0.29) is 11.5 Å². The van der Waals surface area contributed by atoms with Gasteiger partial charge in [0.2, 0.25) is 0 Å². The summed E-state index contributed by atoms with van der Waals surface area (Å²) in [6, 6.07) is 12.0. The molecule has 1 aromatic heterocycles. The van der Waals surface area contributed by atoms with Crippen LogP contribution < -0.4 is 5.73 Å². The summed E-state index contributed by atoms with van der Waals surface area (Å²) in [6.07, 6.45) is 1.68. The Hall–Kier alpha value is -1.92. The van der Waals surface area contributed by atoms with Gasteiger partial charge in [0.15, 0.2) is 9.84 Å². The molecule has 0 radical (unpaired) electrons. The number of aromatic nitrogens is 1. The first kappa shape index (κ1) is 15.0. The van der Waals surface area contributed by atoms with Gasteiger partial charge in [0.1, 0.15) is 5.82 Å². The average molecular weight is 317 g/mol. The molecule has 1 aliphatic rings. The molecular formula is C16H19N3O2S. The number of benzene rings is 1. The molecule has 1 aromatic carbocycles. The molecule has 116 valence electrons. The summed E-state index contributed by atoms with van der Waals surface area (Å²) in [7, 11) is -2.82. The maximum Gasteiger partial charge on any atom is 0.152 e. The fraction of sp³-hybridized carbons (Fsp3) is 0.312. The predicted molar refractivity (Wildman–Crippen MR) is 88.0 cm³/mol. The molecule has 0 saturated carbocycles. The van der Waals surface area contributed by atoms with Gasteiger partial charge in [0.05, 0.1) is 11.5 Å². The minimum Gasteiger partial charge on any atom is -0.383 e. The Bertz CT molecular complexity index is 743. The van der Waals surface area contributed by atoms with Crippen molar-refractivity contribution in [2.75, 3.05) is 30.3 Å². The van der Waals surface area contributed by atoms with Gasteiger partial charge in [0, 0.05) is 31.4 Å². The molecule has 5 nitrogen and oxygen atoms in total. The number of sulfone groups is 1. The monoisotopic (exact) mass is 317 g/mol. The standard InChI is InChI=1S/C16H19N3O2S/c17-16-15(2-1-7-18-16)14-5-3-13(4-6-14)12-19-8-10-22(20,21)11-9-19/h1-7H,8-12H2,(H2,17,18). The van der Waals surface area contributed by atoms with Gasteiger partial charge in [-0.25, -0.2) is 13.4 Å². The second kappa shape index (κ2) is 6.06. The molecular weight excluding hydrogens is 298 g/mol. The Balaban J connectivity index is 1.69. The number of pyridine rings is 1. The minimum atomic E-state index is -2.82. The summed E-state index contributed by atoms with van der Waals surface area (Å²) >= 11 is 0. The van der Waals surface area contributed by atoms with Crippen LogP contribution in [0, 0.1) is 0 Å². The van der Waals surface area contributed by atoms with Gasteiger partial charge < -0.3 is 5.73 Å². The molecule has 22 heavy (non-hydrogen) atoms. The maximum atomic E-state index is 11.4. The Kier molecular flexibility index (Phi) is 4.13. The lowest BCUT2D eigenvalue weighted by Gasteiger charge is -2.26. The molecule has 0 amide bonds. The molecule has 0 aliphatic carbocycles. The first-order valence-corrected chi connectivity index (χ1v) is 9.08. The van der Waals surface area contributed by atoms with Crippen LogP contribution in [0.3, 0.4) is 0 Å². The Morgan fingerprint density at radius 2 is 1.77 bits per heavy atom. The number of rotatable bonds is 3. The molecule has 0 unspecified atom stereocenters. The van der Waals surface area contributed by atoms with E-state index in [1.54, 1.807) is 6.20 Å². The second-order valence-corrected chi connectivity index (χ2v) is 7.86. The number of anilines is 1. The van der Waals surface area contributed by atoms with Gasteiger partial charge in [0.25, 0.3) is 0 Å². The summed E-state index contributed by atoms with van der Waals surface area (Å²) in [4.78, 5) is 6.27. The molecule has 3 rings (SSSR count). The van der Waals surface area contributed by atoms with Crippen LogP contribution >= 0.6 is 0 Å². The van der Waals surface area contributed by atoms with Crippen molar-refractivity contribution in [2.45, 2.75) is 6.54 Å². The third-order valence-corrected chi connectivity index (χ3v) is 5.56. The van der Waals surface area contributed by atoms with Gasteiger partial charge in [-0.15, -0.1) is 0 Å². The minimum absolute atomic E-state index is 0.261. The molecule has 2 N–H and O–H groups in total. The van der Waals surface area contributed by atoms with Crippen molar-refractivity contribution in [3.05, 3.63) is 48.2 Å². The summed E-state index contributed by atoms with van der Waals surface area (Å²) in [6.45, 7) is 2.00. The smallest absolute Gasteiger partial charge is 0.152 e. The average Bonchev–Trinajstić information content (AvgIpc) is 2.51. The lowest BCUT2D eigenvalue weighted by atomic mass is 10.0. The molecule has 0 atom stereocenters. The lowest BCUT2D eigenvalue weighted by Crippen LogP contribution is -2.39. The highest BCUT2D eigenvalue weighted by molar-refractivity contribution is 7.91. The second-order valence-electron chi connectivity index (χ2n) is 5.56. The van der Waals surface area contributed by atoms with Crippen molar-refractivity contribution in [1.82, 2.24) is 9.88 Å². The normalized spacial score (nSPS) is 18.2. The number of nitrogens with zero attached hydrogens (tertiary/aromatic N) is 2. The number of hydrogen-bond acceptors (Lipinski definition) is 5. The van der Waals surface area contributed by atoms with E-state index in [0.29, 0.717) is 18.9 Å². The highest BCUT2D eigenvalue weighted by Gasteiger charge is 2.21. The van der Waals surface area contributed by atoms with Gasteiger partial charge in [-0.3, -0.25) is 4.90 Å². The van der Waals surface area contributed by atoms with Crippen LogP contribution in [0.4, 0.5) is 5.82 Å². The van der Waals surface area contributed by atoms with Gasteiger partial charge >= 0.3 is 0 Å². The molecule has 1 aliphatic heterocycles. The van der Waals surface area contributed by atoms with Crippen LogP contribution in [-0.2, 0) is 16.4 Å². The van der Waals surface area contributed by atoms with Crippen molar-refractivity contribution < 1.29 is 8.42 Å². The largest absolute Gasteiger partial charge is 0.383 e. The van der Waals surface area contributed by atoms with E-state index >= 15 is 0 Å². The first-order valence-electron chi connectivity index (χ1n) is 7.26. The van der Waals surface area contributed by atoms with E-state index in [1.807, 2.05) is 24.3 Å². The Morgan fingerprint density at radius 3 is 2.41 bits per heavy atom. The van der Waals surface area contributed by atoms with Crippen LogP contribution in [-0.4, -0.2) is 42.9 Å². The first-order chi connectivity index (χ1) is 10.5. The van der Waals surface area contributed by atoms with Crippen LogP contribution in [0.15, 0.2) is 42.6 Å². The van der Waals surface area contributed by atoms with E-state index < -0.39 is 9.84 Å². The number of nitrogens with two attached hydrogens (primary N) is 1. The number of nitrogen functional groups attached to an aromatic ring is 1. The zero-order valence-electron chi connectivity index (χ0n) is 12.3. The van der Waals surface area contributed by atoms with Crippen molar-refractivity contribution in [3.63, 3.8) is 0 Å². The predicted octanol–water partition coefficient (Wildman–Crippen LogP) is 1.56. The van der Waals surface area contributed by atoms with E-state index in [4.69, 9.17) is 5.73 Å². The molecule has 0 bridgehead atoms. The molecule has 0 spiro atoms. The highest BCUT2D eigenvalue weighted by atomic mass is 32.2. The van der Waals surface area contributed by atoms with Crippen molar-refractivity contribution in [1.29, 1.82) is 0 Å². The van der Waals surface area contributed by atoms with E-state index in [1.165, 1.54) is 5.56 Å². The van der Waals surface area contributed by atoms with Crippen LogP contribution in [0.1, 0.15) is 5.56 Å². The lowest BCUT2D eigenvalue weighted by molar-refractivity contribution is 0.287. The third kappa shape index (κ3) is 3.45. The fourth-order valence-corrected chi connectivity index (χ4v) is 3.89. The molecule has 1 fully saturated rings. The van der Waals surface area contributed by atoms with Crippen LogP contribution in [0.5, 0.6) is 0 Å². The molecule has 6 heteroatoms. The van der Waals surface area contributed by atoms with Gasteiger partial charge in [-0.1, -0.05) is 24.3 Å². The Morgan fingerprint density at radius 1 is 1.09 bits per heavy atom.